The maximum absolute atomic E-state index is 12.1. The summed E-state index contributed by atoms with van der Waals surface area (Å²) in [6, 6.07) is 1.60. The summed E-state index contributed by atoms with van der Waals surface area (Å²) in [5.74, 6) is 0.377. The molecule has 112 valence electrons. The smallest absolute Gasteiger partial charge is 0.268 e. The van der Waals surface area contributed by atoms with Crippen LogP contribution in [-0.2, 0) is 11.3 Å². The maximum atomic E-state index is 12.1. The number of hydrogen-bond acceptors (Lipinski definition) is 5. The molecule has 1 aliphatic heterocycles. The van der Waals surface area contributed by atoms with Crippen LogP contribution in [0.25, 0.3) is 0 Å². The van der Waals surface area contributed by atoms with Gasteiger partial charge in [0.1, 0.15) is 0 Å². The van der Waals surface area contributed by atoms with E-state index in [0.717, 1.165) is 25.2 Å². The van der Waals surface area contributed by atoms with Crippen LogP contribution in [0.15, 0.2) is 17.1 Å². The van der Waals surface area contributed by atoms with E-state index < -0.39 is 0 Å². The number of morpholine rings is 1. The van der Waals surface area contributed by atoms with Crippen LogP contribution in [0, 0.1) is 5.92 Å². The summed E-state index contributed by atoms with van der Waals surface area (Å²) in [7, 11) is 0. The zero-order valence-electron chi connectivity index (χ0n) is 12.3. The Bertz CT molecular complexity index is 482. The highest BCUT2D eigenvalue weighted by atomic mass is 16.5. The lowest BCUT2D eigenvalue weighted by molar-refractivity contribution is 0.122. The van der Waals surface area contributed by atoms with Gasteiger partial charge >= 0.3 is 0 Å². The van der Waals surface area contributed by atoms with Gasteiger partial charge in [-0.1, -0.05) is 20.3 Å². The first kappa shape index (κ1) is 15.0. The van der Waals surface area contributed by atoms with Crippen molar-refractivity contribution in [2.24, 2.45) is 11.7 Å². The molecular weight excluding hydrogens is 256 g/mol. The van der Waals surface area contributed by atoms with E-state index in [1.807, 2.05) is 0 Å². The van der Waals surface area contributed by atoms with Crippen molar-refractivity contribution in [2.45, 2.75) is 32.9 Å². The summed E-state index contributed by atoms with van der Waals surface area (Å²) in [4.78, 5) is 14.2. The van der Waals surface area contributed by atoms with Crippen molar-refractivity contribution in [1.82, 2.24) is 9.78 Å². The zero-order chi connectivity index (χ0) is 14.5. The summed E-state index contributed by atoms with van der Waals surface area (Å²) in [5, 5.41) is 4.25. The number of ether oxygens (including phenoxy) is 1. The maximum Gasteiger partial charge on any atom is 0.268 e. The Morgan fingerprint density at radius 1 is 1.45 bits per heavy atom. The van der Waals surface area contributed by atoms with Gasteiger partial charge in [-0.25, -0.2) is 4.68 Å². The zero-order valence-corrected chi connectivity index (χ0v) is 12.3. The highest BCUT2D eigenvalue weighted by Gasteiger charge is 2.15. The van der Waals surface area contributed by atoms with Crippen molar-refractivity contribution in [1.29, 1.82) is 0 Å². The van der Waals surface area contributed by atoms with Crippen LogP contribution in [0.3, 0.4) is 0 Å². The monoisotopic (exact) mass is 280 g/mol. The van der Waals surface area contributed by atoms with Gasteiger partial charge in [-0.15, -0.1) is 0 Å². The molecule has 0 saturated carbocycles. The number of hydrogen-bond donors (Lipinski definition) is 1. The van der Waals surface area contributed by atoms with Crippen LogP contribution in [0.4, 0.5) is 5.69 Å². The van der Waals surface area contributed by atoms with E-state index in [1.54, 1.807) is 12.3 Å². The first-order chi connectivity index (χ1) is 9.61. The van der Waals surface area contributed by atoms with E-state index in [2.05, 4.69) is 23.8 Å². The number of aromatic nitrogens is 2. The van der Waals surface area contributed by atoms with E-state index in [-0.39, 0.29) is 11.6 Å². The lowest BCUT2D eigenvalue weighted by Gasteiger charge is -2.28. The van der Waals surface area contributed by atoms with Gasteiger partial charge in [0.2, 0.25) is 0 Å². The molecule has 1 saturated heterocycles. The Hall–Kier alpha value is -1.40. The minimum Gasteiger partial charge on any atom is -0.378 e. The molecule has 1 aromatic rings. The number of nitrogens with zero attached hydrogens (tertiary/aromatic N) is 3. The molecule has 0 spiro atoms. The van der Waals surface area contributed by atoms with Crippen LogP contribution in [-0.4, -0.2) is 42.1 Å². The molecule has 1 aromatic heterocycles. The molecular formula is C14H24N4O2. The van der Waals surface area contributed by atoms with E-state index in [4.69, 9.17) is 10.5 Å². The van der Waals surface area contributed by atoms with Gasteiger partial charge in [0.05, 0.1) is 31.6 Å². The van der Waals surface area contributed by atoms with Crippen LogP contribution < -0.4 is 16.2 Å². The third-order valence-electron chi connectivity index (χ3n) is 3.99. The fourth-order valence-electron chi connectivity index (χ4n) is 2.24. The fraction of sp³-hybridized carbons (Fsp3) is 0.714. The molecule has 0 aromatic carbocycles. The van der Waals surface area contributed by atoms with Gasteiger partial charge < -0.3 is 15.4 Å². The van der Waals surface area contributed by atoms with Gasteiger partial charge in [0, 0.05) is 25.2 Å². The molecule has 0 amide bonds. The van der Waals surface area contributed by atoms with Crippen molar-refractivity contribution in [3.8, 4) is 0 Å². The molecule has 1 fully saturated rings. The molecule has 2 rings (SSSR count). The molecule has 2 heterocycles. The van der Waals surface area contributed by atoms with Crippen LogP contribution in [0.5, 0.6) is 0 Å². The first-order valence-corrected chi connectivity index (χ1v) is 7.27. The van der Waals surface area contributed by atoms with Gasteiger partial charge in [-0.05, 0) is 5.92 Å². The SMILES string of the molecule is CCC(C)C(N)Cn1ncc(N2CCOCC2)cc1=O. The molecule has 2 atom stereocenters. The van der Waals surface area contributed by atoms with Gasteiger partial charge in [0.25, 0.3) is 5.56 Å². The normalized spacial score (nSPS) is 18.9. The second kappa shape index (κ2) is 6.85. The average Bonchev–Trinajstić information content (AvgIpc) is 2.49. The summed E-state index contributed by atoms with van der Waals surface area (Å²) in [6.45, 7) is 7.66. The molecule has 0 radical (unpaired) electrons. The van der Waals surface area contributed by atoms with Gasteiger partial charge in [0.15, 0.2) is 0 Å². The first-order valence-electron chi connectivity index (χ1n) is 7.27. The number of nitrogens with two attached hydrogens (primary N) is 1. The minimum atomic E-state index is -0.0901. The van der Waals surface area contributed by atoms with Crippen molar-refractivity contribution in [3.05, 3.63) is 22.6 Å². The molecule has 20 heavy (non-hydrogen) atoms. The lowest BCUT2D eigenvalue weighted by Crippen LogP contribution is -2.39. The Morgan fingerprint density at radius 2 is 2.15 bits per heavy atom. The van der Waals surface area contributed by atoms with Crippen LogP contribution in [0.1, 0.15) is 20.3 Å². The van der Waals surface area contributed by atoms with Gasteiger partial charge in [-0.2, -0.15) is 5.10 Å². The predicted octanol–water partition coefficient (Wildman–Crippen LogP) is 0.453. The van der Waals surface area contributed by atoms with Crippen molar-refractivity contribution < 1.29 is 4.74 Å². The van der Waals surface area contributed by atoms with E-state index in [0.29, 0.717) is 25.7 Å². The Balaban J connectivity index is 2.07. The predicted molar refractivity (Wildman–Crippen MR) is 79.0 cm³/mol. The molecule has 6 nitrogen and oxygen atoms in total. The average molecular weight is 280 g/mol. The Morgan fingerprint density at radius 3 is 2.75 bits per heavy atom. The van der Waals surface area contributed by atoms with Crippen molar-refractivity contribution in [3.63, 3.8) is 0 Å². The van der Waals surface area contributed by atoms with Crippen molar-refractivity contribution >= 4 is 5.69 Å². The highest BCUT2D eigenvalue weighted by Crippen LogP contribution is 2.12. The summed E-state index contributed by atoms with van der Waals surface area (Å²) in [5.41, 5.74) is 6.86. The van der Waals surface area contributed by atoms with Crippen LogP contribution in [0.2, 0.25) is 0 Å². The second-order valence-electron chi connectivity index (χ2n) is 5.38. The molecule has 0 bridgehead atoms. The van der Waals surface area contributed by atoms with Crippen molar-refractivity contribution in [2.75, 3.05) is 31.2 Å². The van der Waals surface area contributed by atoms with Gasteiger partial charge in [-0.3, -0.25) is 4.79 Å². The third kappa shape index (κ3) is 3.58. The molecule has 2 unspecified atom stereocenters. The third-order valence-corrected chi connectivity index (χ3v) is 3.99. The lowest BCUT2D eigenvalue weighted by atomic mass is 10.0. The molecule has 1 aliphatic rings. The number of rotatable bonds is 5. The largest absolute Gasteiger partial charge is 0.378 e. The highest BCUT2D eigenvalue weighted by molar-refractivity contribution is 5.43. The second-order valence-corrected chi connectivity index (χ2v) is 5.38. The standard InChI is InChI=1S/C14H24N4O2/c1-3-11(2)13(15)10-18-14(19)8-12(9-16-18)17-4-6-20-7-5-17/h8-9,11,13H,3-7,10,15H2,1-2H3. The quantitative estimate of drug-likeness (QED) is 0.848. The Kier molecular flexibility index (Phi) is 5.14. The summed E-state index contributed by atoms with van der Waals surface area (Å²) < 4.78 is 6.76. The summed E-state index contributed by atoms with van der Waals surface area (Å²) >= 11 is 0. The summed E-state index contributed by atoms with van der Waals surface area (Å²) in [6.07, 6.45) is 2.75. The molecule has 6 heteroatoms. The van der Waals surface area contributed by atoms with E-state index >= 15 is 0 Å². The minimum absolute atomic E-state index is 0.0422. The van der Waals surface area contributed by atoms with Crippen LogP contribution >= 0.6 is 0 Å². The number of anilines is 1. The van der Waals surface area contributed by atoms with E-state index in [1.165, 1.54) is 4.68 Å². The fourth-order valence-corrected chi connectivity index (χ4v) is 2.24. The topological polar surface area (TPSA) is 73.4 Å². The van der Waals surface area contributed by atoms with E-state index in [9.17, 15) is 4.79 Å². The Labute approximate surface area is 119 Å². The molecule has 0 aliphatic carbocycles. The molecule has 2 N–H and O–H groups in total.